The van der Waals surface area contributed by atoms with Crippen molar-refractivity contribution in [2.75, 3.05) is 0 Å². The molecule has 0 saturated heterocycles. The summed E-state index contributed by atoms with van der Waals surface area (Å²) in [5.41, 5.74) is 3.42. The fourth-order valence-corrected chi connectivity index (χ4v) is 9.62. The topological polar surface area (TPSA) is 27.1 Å². The molecule has 0 amide bonds. The molecule has 0 atom stereocenters. The van der Waals surface area contributed by atoms with Crippen molar-refractivity contribution >= 4 is 55.6 Å². The van der Waals surface area contributed by atoms with Gasteiger partial charge in [0.1, 0.15) is 17.3 Å². The SMILES string of the molecule is CC(C)(C)c1ccnc(-n2c3ccccc3c3ccc(Oc4cccc(P(=S)(c5ccccc5)c5ccccc5)c4)cc32)c1. The molecule has 3 nitrogen and oxygen atoms in total. The molecular weight excluding hydrogens is 575 g/mol. The van der Waals surface area contributed by atoms with Gasteiger partial charge in [-0.05, 0) is 69.4 Å². The fraction of sp³-hybridized carbons (Fsp3) is 0.103. The van der Waals surface area contributed by atoms with Crippen LogP contribution in [0.2, 0.25) is 0 Å². The van der Waals surface area contributed by atoms with Crippen molar-refractivity contribution < 1.29 is 4.74 Å². The minimum atomic E-state index is -2.29. The molecule has 0 unspecified atom stereocenters. The first-order chi connectivity index (χ1) is 21.3. The number of hydrogen-bond donors (Lipinski definition) is 0. The zero-order chi connectivity index (χ0) is 30.3. The Morgan fingerprint density at radius 2 is 1.20 bits per heavy atom. The Bertz CT molecular complexity index is 2120. The minimum Gasteiger partial charge on any atom is -0.457 e. The predicted octanol–water partition coefficient (Wildman–Crippen LogP) is 9.02. The molecule has 0 spiro atoms. The van der Waals surface area contributed by atoms with Crippen LogP contribution in [0, 0.1) is 0 Å². The van der Waals surface area contributed by atoms with Crippen LogP contribution in [0.15, 0.2) is 146 Å². The van der Waals surface area contributed by atoms with E-state index in [-0.39, 0.29) is 5.41 Å². The highest BCUT2D eigenvalue weighted by Crippen LogP contribution is 2.44. The van der Waals surface area contributed by atoms with E-state index in [0.717, 1.165) is 49.7 Å². The third-order valence-corrected chi connectivity index (χ3v) is 13.1. The van der Waals surface area contributed by atoms with Crippen molar-refractivity contribution in [1.82, 2.24) is 9.55 Å². The second-order valence-electron chi connectivity index (χ2n) is 12.1. The maximum absolute atomic E-state index is 6.60. The maximum atomic E-state index is 6.60. The number of pyridine rings is 1. The number of hydrogen-bond acceptors (Lipinski definition) is 3. The molecule has 0 aliphatic heterocycles. The number of aromatic nitrogens is 2. The highest BCUT2D eigenvalue weighted by atomic mass is 32.4. The van der Waals surface area contributed by atoms with E-state index in [4.69, 9.17) is 21.5 Å². The van der Waals surface area contributed by atoms with E-state index in [1.165, 1.54) is 10.9 Å². The van der Waals surface area contributed by atoms with Gasteiger partial charge < -0.3 is 4.74 Å². The maximum Gasteiger partial charge on any atom is 0.137 e. The highest BCUT2D eigenvalue weighted by molar-refractivity contribution is 8.25. The first kappa shape index (κ1) is 28.3. The Morgan fingerprint density at radius 3 is 1.91 bits per heavy atom. The van der Waals surface area contributed by atoms with Crippen LogP contribution in [-0.4, -0.2) is 9.55 Å². The summed E-state index contributed by atoms with van der Waals surface area (Å²) < 4.78 is 8.84. The normalized spacial score (nSPS) is 12.1. The molecular formula is C39H33N2OPS. The van der Waals surface area contributed by atoms with Crippen LogP contribution < -0.4 is 20.7 Å². The number of fused-ring (bicyclic) bond motifs is 3. The van der Waals surface area contributed by atoms with Crippen LogP contribution in [-0.2, 0) is 17.2 Å². The molecule has 216 valence electrons. The molecule has 0 radical (unpaired) electrons. The quantitative estimate of drug-likeness (QED) is 0.176. The molecule has 2 heterocycles. The van der Waals surface area contributed by atoms with E-state index in [0.29, 0.717) is 0 Å². The summed E-state index contributed by atoms with van der Waals surface area (Å²) in [5, 5.41) is 5.77. The summed E-state index contributed by atoms with van der Waals surface area (Å²) in [5.74, 6) is 2.42. The minimum absolute atomic E-state index is 0.0117. The van der Waals surface area contributed by atoms with Gasteiger partial charge in [0.15, 0.2) is 0 Å². The predicted molar refractivity (Wildman–Crippen MR) is 190 cm³/mol. The summed E-state index contributed by atoms with van der Waals surface area (Å²) >= 11 is 6.58. The number of para-hydroxylation sites is 1. The molecule has 0 saturated carbocycles. The molecule has 2 aromatic heterocycles. The molecule has 0 bridgehead atoms. The van der Waals surface area contributed by atoms with Crippen LogP contribution >= 0.6 is 6.04 Å². The zero-order valence-corrected chi connectivity index (χ0v) is 26.7. The van der Waals surface area contributed by atoms with E-state index >= 15 is 0 Å². The molecule has 0 fully saturated rings. The first-order valence-corrected chi connectivity index (χ1v) is 17.6. The van der Waals surface area contributed by atoms with Gasteiger partial charge in [-0.3, -0.25) is 4.57 Å². The van der Waals surface area contributed by atoms with Gasteiger partial charge in [-0.2, -0.15) is 0 Å². The monoisotopic (exact) mass is 608 g/mol. The Hall–Kier alpha value is -4.50. The van der Waals surface area contributed by atoms with Gasteiger partial charge in [-0.15, -0.1) is 0 Å². The van der Waals surface area contributed by atoms with Gasteiger partial charge in [-0.25, -0.2) is 4.98 Å². The lowest BCUT2D eigenvalue weighted by molar-refractivity contribution is 0.484. The van der Waals surface area contributed by atoms with Crippen LogP contribution in [0.3, 0.4) is 0 Å². The van der Waals surface area contributed by atoms with Crippen molar-refractivity contribution in [3.8, 4) is 17.3 Å². The van der Waals surface area contributed by atoms with Crippen LogP contribution in [0.4, 0.5) is 0 Å². The fourth-order valence-electron chi connectivity index (χ4n) is 5.87. The first-order valence-electron chi connectivity index (χ1n) is 14.8. The summed E-state index contributed by atoms with van der Waals surface area (Å²) in [7, 11) is 0. The van der Waals surface area contributed by atoms with Crippen molar-refractivity contribution in [3.63, 3.8) is 0 Å². The average Bonchev–Trinajstić information content (AvgIpc) is 3.38. The molecule has 0 aliphatic carbocycles. The summed E-state index contributed by atoms with van der Waals surface area (Å²) in [6.45, 7) is 6.69. The smallest absolute Gasteiger partial charge is 0.137 e. The molecule has 0 N–H and O–H groups in total. The highest BCUT2D eigenvalue weighted by Gasteiger charge is 2.25. The van der Waals surface area contributed by atoms with Crippen molar-refractivity contribution in [1.29, 1.82) is 0 Å². The zero-order valence-electron chi connectivity index (χ0n) is 25.0. The number of benzene rings is 5. The average molecular weight is 609 g/mol. The van der Waals surface area contributed by atoms with Gasteiger partial charge >= 0.3 is 0 Å². The standard InChI is InChI=1S/C39H33N2OPS/c1-39(2,3)28-23-24-40-38(25-28)41-36-20-11-10-19-34(36)35-22-21-30(27-37(35)41)42-29-13-12-18-33(26-29)43(44,31-14-6-4-7-15-31)32-16-8-5-9-17-32/h4-27H,1-3H3. The van der Waals surface area contributed by atoms with Crippen LogP contribution in [0.1, 0.15) is 26.3 Å². The van der Waals surface area contributed by atoms with Crippen molar-refractivity contribution in [2.45, 2.75) is 26.2 Å². The Balaban J connectivity index is 1.33. The third-order valence-electron chi connectivity index (χ3n) is 8.14. The second kappa shape index (κ2) is 11.2. The molecule has 5 heteroatoms. The second-order valence-corrected chi connectivity index (χ2v) is 16.5. The van der Waals surface area contributed by atoms with Gasteiger partial charge in [0.05, 0.1) is 11.0 Å². The van der Waals surface area contributed by atoms with Crippen LogP contribution in [0.25, 0.3) is 27.6 Å². The molecule has 5 aromatic carbocycles. The van der Waals surface area contributed by atoms with E-state index in [9.17, 15) is 0 Å². The molecule has 44 heavy (non-hydrogen) atoms. The van der Waals surface area contributed by atoms with Crippen LogP contribution in [0.5, 0.6) is 11.5 Å². The van der Waals surface area contributed by atoms with Crippen molar-refractivity contribution in [2.24, 2.45) is 0 Å². The molecule has 0 aliphatic rings. The summed E-state index contributed by atoms with van der Waals surface area (Å²) in [6, 6.07) is 46.1. The van der Waals surface area contributed by atoms with E-state index < -0.39 is 6.04 Å². The lowest BCUT2D eigenvalue weighted by Gasteiger charge is -2.24. The van der Waals surface area contributed by atoms with E-state index in [1.807, 2.05) is 24.4 Å². The lowest BCUT2D eigenvalue weighted by Crippen LogP contribution is -2.24. The molecule has 7 rings (SSSR count). The Labute approximate surface area is 263 Å². The Kier molecular flexibility index (Phi) is 7.20. The van der Waals surface area contributed by atoms with Gasteiger partial charge in [0.25, 0.3) is 0 Å². The third kappa shape index (κ3) is 5.05. The van der Waals surface area contributed by atoms with Gasteiger partial charge in [0.2, 0.25) is 0 Å². The van der Waals surface area contributed by atoms with E-state index in [2.05, 4.69) is 147 Å². The Morgan fingerprint density at radius 1 is 0.591 bits per heavy atom. The number of rotatable bonds is 6. The largest absolute Gasteiger partial charge is 0.457 e. The summed E-state index contributed by atoms with van der Waals surface area (Å²) in [4.78, 5) is 4.82. The number of nitrogens with zero attached hydrogens (tertiary/aromatic N) is 2. The number of ether oxygens (including phenoxy) is 1. The van der Waals surface area contributed by atoms with Gasteiger partial charge in [0, 0.05) is 29.1 Å². The summed E-state index contributed by atoms with van der Waals surface area (Å²) in [6.07, 6.45) is 1.91. The lowest BCUT2D eigenvalue weighted by atomic mass is 9.88. The molecule has 7 aromatic rings. The van der Waals surface area contributed by atoms with Crippen molar-refractivity contribution in [3.05, 3.63) is 151 Å². The van der Waals surface area contributed by atoms with E-state index in [1.54, 1.807) is 0 Å². The van der Waals surface area contributed by atoms with Gasteiger partial charge in [-0.1, -0.05) is 124 Å².